The highest BCUT2D eigenvalue weighted by atomic mass is 16.7. The van der Waals surface area contributed by atoms with Gasteiger partial charge in [0.15, 0.2) is 18.9 Å². The number of rotatable bonds is 16. The smallest absolute Gasteiger partial charge is 0.312 e. The Labute approximate surface area is 447 Å². The van der Waals surface area contributed by atoms with Gasteiger partial charge in [-0.15, -0.1) is 0 Å². The van der Waals surface area contributed by atoms with Crippen LogP contribution in [0, 0.1) is 44.3 Å². The van der Waals surface area contributed by atoms with Gasteiger partial charge in [0.25, 0.3) is 0 Å². The Kier molecular flexibility index (Phi) is 18.0. The van der Waals surface area contributed by atoms with Gasteiger partial charge >= 0.3 is 5.97 Å². The van der Waals surface area contributed by atoms with Crippen molar-refractivity contribution in [2.24, 2.45) is 44.3 Å². The Bertz CT molecular complexity index is 2130. The summed E-state index contributed by atoms with van der Waals surface area (Å²) in [6, 6.07) is 0. The van der Waals surface area contributed by atoms with Crippen LogP contribution in [0.15, 0.2) is 23.3 Å². The third kappa shape index (κ3) is 10.1. The quantitative estimate of drug-likeness (QED) is 0.0519. The maximum absolute atomic E-state index is 14.3. The molecule has 0 amide bonds. The van der Waals surface area contributed by atoms with E-state index in [4.69, 9.17) is 38.3 Å². The average molecular weight is 1110 g/mol. The van der Waals surface area contributed by atoms with E-state index in [0.717, 1.165) is 11.1 Å². The molecule has 6 fully saturated rings. The zero-order valence-electron chi connectivity index (χ0n) is 44.7. The molecule has 0 radical (unpaired) electrons. The van der Waals surface area contributed by atoms with Gasteiger partial charge in [0.05, 0.1) is 56.8 Å². The molecule has 442 valence electrons. The minimum Gasteiger partial charge on any atom is -0.462 e. The number of fused-ring (bicyclic) bond motifs is 6. The van der Waals surface area contributed by atoms with Crippen molar-refractivity contribution in [2.75, 3.05) is 39.6 Å². The molecule has 5 aliphatic carbocycles. The molecule has 8 rings (SSSR count). The molecule has 24 nitrogen and oxygen atoms in total. The number of ether oxygens (including phenoxy) is 7. The highest BCUT2D eigenvalue weighted by Gasteiger charge is 2.69. The number of aliphatic hydroxyl groups is 16. The normalized spacial score (nSPS) is 51.1. The summed E-state index contributed by atoms with van der Waals surface area (Å²) < 4.78 is 40.9. The first-order chi connectivity index (χ1) is 36.1. The summed E-state index contributed by atoms with van der Waals surface area (Å²) in [5, 5.41) is 170. The first kappa shape index (κ1) is 61.1. The molecule has 3 saturated carbocycles. The second-order valence-electron chi connectivity index (χ2n) is 24.9. The number of carbonyl (C=O) groups is 1. The summed E-state index contributed by atoms with van der Waals surface area (Å²) in [6.07, 6.45) is -23.2. The molecule has 24 heteroatoms. The zero-order valence-corrected chi connectivity index (χ0v) is 44.7. The molecule has 0 aromatic heterocycles. The van der Waals surface area contributed by atoms with E-state index < -0.39 is 188 Å². The van der Waals surface area contributed by atoms with E-state index in [9.17, 15) is 81.4 Å². The molecule has 3 aliphatic heterocycles. The molecule has 0 aromatic carbocycles. The van der Waals surface area contributed by atoms with Crippen LogP contribution in [-0.4, -0.2) is 250 Å². The topological polar surface area (TPSA) is 405 Å². The molecule has 3 saturated heterocycles. The Hall–Kier alpha value is -1.93. The predicted octanol–water partition coefficient (Wildman–Crippen LogP) is -3.90. The lowest BCUT2D eigenvalue weighted by atomic mass is 9.35. The van der Waals surface area contributed by atoms with E-state index in [1.807, 2.05) is 6.92 Å². The molecule has 8 aliphatic rings. The lowest BCUT2D eigenvalue weighted by Crippen LogP contribution is -2.67. The van der Waals surface area contributed by atoms with Crippen LogP contribution in [0.2, 0.25) is 0 Å². The van der Waals surface area contributed by atoms with Crippen molar-refractivity contribution < 1.29 is 120 Å². The molecule has 3 heterocycles. The van der Waals surface area contributed by atoms with Crippen molar-refractivity contribution in [2.45, 2.75) is 216 Å². The lowest BCUT2D eigenvalue weighted by Gasteiger charge is -2.70. The summed E-state index contributed by atoms with van der Waals surface area (Å²) in [6.45, 7) is 8.23. The standard InChI is InChI=1S/C53H86O24/c1-23-34(61)43(77-45-41(68)38(65)36(63)28(18-55)74-45)42(69)46(73-23)76-33-10-11-49(3)30(50(33,4)21-56)9-12-51(5)31(49)8-7-24-25-15-48(2,13-14-53(25,22-57)32(60)16-52(24,51)6)47(70)72-20-29-37(64)39(66)40(67)44(75-29)71-19-27(59)35(62)26(58)17-54/h7-8,23,26-46,54-69H,9-22H2,1-6H3/t23-,26-,27+,28-,29-,30-,31-,32-,33+,34+,35-,36-,37-,38+,39+,40-,41-,42-,43+,44-,45+,46+,48+,49+,50+,51-,52-,53-/m1/s1. The Balaban J connectivity index is 1.000. The van der Waals surface area contributed by atoms with Gasteiger partial charge in [0, 0.05) is 16.2 Å². The number of allylic oxidation sites excluding steroid dienone is 3. The maximum atomic E-state index is 14.3. The van der Waals surface area contributed by atoms with Crippen LogP contribution >= 0.6 is 0 Å². The minimum atomic E-state index is -1.84. The first-order valence-electron chi connectivity index (χ1n) is 27.2. The lowest BCUT2D eigenvalue weighted by molar-refractivity contribution is -0.367. The molecule has 16 N–H and O–H groups in total. The maximum Gasteiger partial charge on any atom is 0.312 e. The monoisotopic (exact) mass is 1110 g/mol. The third-order valence-electron chi connectivity index (χ3n) is 20.6. The minimum absolute atomic E-state index is 0.0984. The van der Waals surface area contributed by atoms with Crippen molar-refractivity contribution in [3.8, 4) is 0 Å². The number of hydrogen-bond donors (Lipinski definition) is 16. The van der Waals surface area contributed by atoms with E-state index in [0.29, 0.717) is 32.1 Å². The number of hydrogen-bond acceptors (Lipinski definition) is 24. The van der Waals surface area contributed by atoms with Crippen molar-refractivity contribution in [3.05, 3.63) is 23.3 Å². The third-order valence-corrected chi connectivity index (χ3v) is 20.6. The van der Waals surface area contributed by atoms with Gasteiger partial charge in [-0.3, -0.25) is 4.79 Å². The van der Waals surface area contributed by atoms with Gasteiger partial charge < -0.3 is 115 Å². The van der Waals surface area contributed by atoms with Crippen molar-refractivity contribution in [3.63, 3.8) is 0 Å². The molecular formula is C53H86O24. The van der Waals surface area contributed by atoms with E-state index >= 15 is 0 Å². The Morgan fingerprint density at radius 2 is 1.34 bits per heavy atom. The number of esters is 1. The highest BCUT2D eigenvalue weighted by molar-refractivity contribution is 5.77. The Morgan fingerprint density at radius 1 is 0.701 bits per heavy atom. The summed E-state index contributed by atoms with van der Waals surface area (Å²) >= 11 is 0. The van der Waals surface area contributed by atoms with Crippen molar-refractivity contribution in [1.29, 1.82) is 0 Å². The zero-order chi connectivity index (χ0) is 56.7. The van der Waals surface area contributed by atoms with Crippen LogP contribution in [0.3, 0.4) is 0 Å². The molecule has 0 unspecified atom stereocenters. The van der Waals surface area contributed by atoms with Crippen LogP contribution in [0.25, 0.3) is 0 Å². The second-order valence-corrected chi connectivity index (χ2v) is 24.9. The molecule has 28 atom stereocenters. The van der Waals surface area contributed by atoms with Gasteiger partial charge in [-0.05, 0) is 93.5 Å². The van der Waals surface area contributed by atoms with E-state index in [2.05, 4.69) is 32.9 Å². The molecule has 0 aromatic rings. The van der Waals surface area contributed by atoms with Gasteiger partial charge in [-0.25, -0.2) is 0 Å². The van der Waals surface area contributed by atoms with E-state index in [-0.39, 0.29) is 44.3 Å². The van der Waals surface area contributed by atoms with Gasteiger partial charge in [0.1, 0.15) is 92.1 Å². The largest absolute Gasteiger partial charge is 0.462 e. The summed E-state index contributed by atoms with van der Waals surface area (Å²) in [7, 11) is 0. The fourth-order valence-electron chi connectivity index (χ4n) is 15.2. The van der Waals surface area contributed by atoms with Crippen molar-refractivity contribution >= 4 is 5.97 Å². The van der Waals surface area contributed by atoms with E-state index in [1.54, 1.807) is 13.8 Å². The first-order valence-corrected chi connectivity index (χ1v) is 27.2. The van der Waals surface area contributed by atoms with Gasteiger partial charge in [-0.1, -0.05) is 45.4 Å². The summed E-state index contributed by atoms with van der Waals surface area (Å²) in [4.78, 5) is 14.3. The average Bonchev–Trinajstić information content (AvgIpc) is 3.53. The number of aliphatic hydroxyl groups excluding tert-OH is 16. The van der Waals surface area contributed by atoms with E-state index in [1.165, 1.54) is 0 Å². The van der Waals surface area contributed by atoms with Crippen LogP contribution in [-0.2, 0) is 38.0 Å². The van der Waals surface area contributed by atoms with Crippen molar-refractivity contribution in [1.82, 2.24) is 0 Å². The predicted molar refractivity (Wildman–Crippen MR) is 262 cm³/mol. The van der Waals surface area contributed by atoms with Gasteiger partial charge in [0.2, 0.25) is 0 Å². The summed E-state index contributed by atoms with van der Waals surface area (Å²) in [5.74, 6) is -0.960. The fourth-order valence-corrected chi connectivity index (χ4v) is 15.2. The molecule has 77 heavy (non-hydrogen) atoms. The fraction of sp³-hybridized carbons (Fsp3) is 0.906. The van der Waals surface area contributed by atoms with Crippen LogP contribution in [0.4, 0.5) is 0 Å². The number of carbonyl (C=O) groups excluding carboxylic acids is 1. The molecular weight excluding hydrogens is 1020 g/mol. The highest BCUT2D eigenvalue weighted by Crippen LogP contribution is 2.74. The second kappa shape index (κ2) is 22.7. The van der Waals surface area contributed by atoms with Gasteiger partial charge in [-0.2, -0.15) is 0 Å². The van der Waals surface area contributed by atoms with Crippen LogP contribution < -0.4 is 0 Å². The van der Waals surface area contributed by atoms with Crippen LogP contribution in [0.5, 0.6) is 0 Å². The SMILES string of the molecule is C[C@H]1O[C@@H](O[C@H]2CC[C@@]3(C)[C@@H](CC[C@]4(C)[C@@H]3C=CC3=C5C[C@@](C)(C(=O)OC[C@H]6O[C@@H](OC[C@H](O)[C@H](O)[C@H](O)CO)[C@H](O)[C@@H](O)[C@@H]6O)CC[C@]5(CO)[C@H](O)C[C@]34C)[C@]2(C)CO)[C@H](O)[C@@H](O[C@@H]2O[C@H](CO)[C@@H](O)[C@H](O)[C@H]2O)[C@H]1O. The Morgan fingerprint density at radius 3 is 1.97 bits per heavy atom. The summed E-state index contributed by atoms with van der Waals surface area (Å²) in [5.41, 5.74) is -3.22. The van der Waals surface area contributed by atoms with Crippen LogP contribution in [0.1, 0.15) is 92.9 Å². The molecule has 0 bridgehead atoms. The molecule has 0 spiro atoms.